The highest BCUT2D eigenvalue weighted by atomic mass is 35.5. The van der Waals surface area contributed by atoms with Crippen molar-refractivity contribution in [1.82, 2.24) is 4.98 Å². The van der Waals surface area contributed by atoms with Gasteiger partial charge in [-0.3, -0.25) is 0 Å². The van der Waals surface area contributed by atoms with E-state index in [-0.39, 0.29) is 0 Å². The summed E-state index contributed by atoms with van der Waals surface area (Å²) in [6.45, 7) is 1.27. The van der Waals surface area contributed by atoms with Gasteiger partial charge >= 0.3 is 0 Å². The summed E-state index contributed by atoms with van der Waals surface area (Å²) in [4.78, 5) is 3.98. The van der Waals surface area contributed by atoms with Crippen molar-refractivity contribution < 1.29 is 14.6 Å². The van der Waals surface area contributed by atoms with Crippen LogP contribution in [-0.2, 0) is 0 Å². The first kappa shape index (κ1) is 13.2. The third-order valence-electron chi connectivity index (χ3n) is 3.15. The minimum atomic E-state index is -0.767. The average Bonchev–Trinajstić information content (AvgIpc) is 2.71. The molecule has 0 amide bonds. The number of hydrogen-bond acceptors (Lipinski definition) is 4. The van der Waals surface area contributed by atoms with Gasteiger partial charge in [0.25, 0.3) is 0 Å². The molecular weight excluding hydrogens is 278 g/mol. The van der Waals surface area contributed by atoms with Crippen molar-refractivity contribution in [2.24, 2.45) is 0 Å². The van der Waals surface area contributed by atoms with Crippen molar-refractivity contribution in [3.05, 3.63) is 52.8 Å². The monoisotopic (exact) mass is 291 g/mol. The van der Waals surface area contributed by atoms with Gasteiger partial charge in [-0.1, -0.05) is 23.7 Å². The van der Waals surface area contributed by atoms with Crippen molar-refractivity contribution in [2.75, 3.05) is 13.2 Å². The molecule has 1 aliphatic rings. The molecule has 4 nitrogen and oxygen atoms in total. The van der Waals surface area contributed by atoms with E-state index in [4.69, 9.17) is 21.1 Å². The van der Waals surface area contributed by atoms with Crippen LogP contribution in [0.3, 0.4) is 0 Å². The molecule has 0 fully saturated rings. The summed E-state index contributed by atoms with van der Waals surface area (Å²) in [5.74, 6) is 1.38. The Labute approximate surface area is 121 Å². The van der Waals surface area contributed by atoms with Crippen molar-refractivity contribution in [2.45, 2.75) is 12.5 Å². The van der Waals surface area contributed by atoms with Crippen LogP contribution >= 0.6 is 11.6 Å². The first-order valence-electron chi connectivity index (χ1n) is 6.43. The quantitative estimate of drug-likeness (QED) is 0.864. The molecule has 0 radical (unpaired) electrons. The third kappa shape index (κ3) is 2.71. The number of aliphatic hydroxyl groups is 1. The Morgan fingerprint density at radius 3 is 2.55 bits per heavy atom. The van der Waals surface area contributed by atoms with E-state index in [1.165, 1.54) is 0 Å². The zero-order valence-electron chi connectivity index (χ0n) is 10.8. The fraction of sp³-hybridized carbons (Fsp3) is 0.267. The molecule has 0 saturated carbocycles. The Morgan fingerprint density at radius 2 is 1.80 bits per heavy atom. The van der Waals surface area contributed by atoms with E-state index in [0.29, 0.717) is 35.4 Å². The summed E-state index contributed by atoms with van der Waals surface area (Å²) >= 11 is 5.75. The predicted molar refractivity (Wildman–Crippen MR) is 75.4 cm³/mol. The maximum Gasteiger partial charge on any atom is 0.161 e. The lowest BCUT2D eigenvalue weighted by molar-refractivity contribution is 0.219. The molecule has 1 unspecified atom stereocenters. The van der Waals surface area contributed by atoms with Crippen LogP contribution in [0.15, 0.2) is 36.5 Å². The molecule has 0 spiro atoms. The highest BCUT2D eigenvalue weighted by molar-refractivity contribution is 6.29. The van der Waals surface area contributed by atoms with Crippen LogP contribution in [0, 0.1) is 0 Å². The minimum Gasteiger partial charge on any atom is -0.490 e. The predicted octanol–water partition coefficient (Wildman–Crippen LogP) is 2.98. The first-order chi connectivity index (χ1) is 9.74. The Balaban J connectivity index is 1.90. The van der Waals surface area contributed by atoms with Crippen LogP contribution in [0.4, 0.5) is 0 Å². The molecule has 20 heavy (non-hydrogen) atoms. The molecule has 0 saturated heterocycles. The van der Waals surface area contributed by atoms with Gasteiger partial charge in [-0.25, -0.2) is 4.98 Å². The van der Waals surface area contributed by atoms with Crippen molar-refractivity contribution in [3.8, 4) is 11.5 Å². The second kappa shape index (κ2) is 5.69. The van der Waals surface area contributed by atoms with Crippen molar-refractivity contribution in [3.63, 3.8) is 0 Å². The van der Waals surface area contributed by atoms with Crippen molar-refractivity contribution in [1.29, 1.82) is 0 Å². The van der Waals surface area contributed by atoms with Gasteiger partial charge < -0.3 is 14.6 Å². The molecule has 1 atom stereocenters. The van der Waals surface area contributed by atoms with E-state index in [1.54, 1.807) is 24.4 Å². The molecule has 3 rings (SSSR count). The number of fused-ring (bicyclic) bond motifs is 1. The maximum absolute atomic E-state index is 10.4. The summed E-state index contributed by atoms with van der Waals surface area (Å²) in [6.07, 6.45) is 1.65. The van der Waals surface area contributed by atoms with Gasteiger partial charge in [-0.05, 0) is 23.8 Å². The molecular formula is C15H14ClNO3. The summed E-state index contributed by atoms with van der Waals surface area (Å²) in [5.41, 5.74) is 1.42. The molecule has 1 N–H and O–H groups in total. The second-order valence-corrected chi connectivity index (χ2v) is 4.96. The van der Waals surface area contributed by atoms with E-state index in [2.05, 4.69) is 4.98 Å². The van der Waals surface area contributed by atoms with Crippen LogP contribution < -0.4 is 9.47 Å². The minimum absolute atomic E-state index is 0.402. The molecule has 2 heterocycles. The number of halogens is 1. The molecule has 1 aromatic heterocycles. The normalized spacial score (nSPS) is 15.5. The van der Waals surface area contributed by atoms with Gasteiger partial charge in [-0.2, -0.15) is 0 Å². The lowest BCUT2D eigenvalue weighted by Gasteiger charge is -2.14. The lowest BCUT2D eigenvalue weighted by atomic mass is 10.0. The molecule has 5 heteroatoms. The molecule has 0 aliphatic carbocycles. The van der Waals surface area contributed by atoms with Gasteiger partial charge in [0.1, 0.15) is 11.3 Å². The zero-order valence-corrected chi connectivity index (χ0v) is 11.5. The summed E-state index contributed by atoms with van der Waals surface area (Å²) in [6, 6.07) is 8.86. The van der Waals surface area contributed by atoms with E-state index in [1.807, 2.05) is 12.1 Å². The standard InChI is InChI=1S/C15H14ClNO3/c16-14-5-3-11(9-17-14)15(18)10-2-4-12-13(8-10)20-7-1-6-19-12/h2-5,8-9,15,18H,1,6-7H2. The topological polar surface area (TPSA) is 51.6 Å². The van der Waals surface area contributed by atoms with E-state index < -0.39 is 6.10 Å². The summed E-state index contributed by atoms with van der Waals surface area (Å²) in [7, 11) is 0. The van der Waals surface area contributed by atoms with Crippen molar-refractivity contribution >= 4 is 11.6 Å². The summed E-state index contributed by atoms with van der Waals surface area (Å²) < 4.78 is 11.2. The number of rotatable bonds is 2. The molecule has 1 aromatic carbocycles. The van der Waals surface area contributed by atoms with Crippen LogP contribution in [0.2, 0.25) is 5.15 Å². The lowest BCUT2D eigenvalue weighted by Crippen LogP contribution is -2.01. The van der Waals surface area contributed by atoms with Gasteiger partial charge in [0.05, 0.1) is 13.2 Å². The zero-order chi connectivity index (χ0) is 13.9. The van der Waals surface area contributed by atoms with E-state index >= 15 is 0 Å². The van der Waals surface area contributed by atoms with Crippen LogP contribution in [0.1, 0.15) is 23.7 Å². The molecule has 2 aromatic rings. The third-order valence-corrected chi connectivity index (χ3v) is 3.38. The summed E-state index contributed by atoms with van der Waals surface area (Å²) in [5, 5.41) is 10.8. The van der Waals surface area contributed by atoms with Gasteiger partial charge in [0.15, 0.2) is 11.5 Å². The Morgan fingerprint density at radius 1 is 1.05 bits per heavy atom. The number of aromatic nitrogens is 1. The van der Waals surface area contributed by atoms with Gasteiger partial charge in [-0.15, -0.1) is 0 Å². The number of aliphatic hydroxyl groups excluding tert-OH is 1. The number of hydrogen-bond donors (Lipinski definition) is 1. The number of benzene rings is 1. The molecule has 0 bridgehead atoms. The van der Waals surface area contributed by atoms with E-state index in [0.717, 1.165) is 12.0 Å². The van der Waals surface area contributed by atoms with Crippen LogP contribution in [0.25, 0.3) is 0 Å². The first-order valence-corrected chi connectivity index (χ1v) is 6.81. The largest absolute Gasteiger partial charge is 0.490 e. The Bertz CT molecular complexity index is 601. The highest BCUT2D eigenvalue weighted by Crippen LogP contribution is 2.33. The molecule has 104 valence electrons. The number of ether oxygens (including phenoxy) is 2. The Hall–Kier alpha value is -1.78. The average molecular weight is 292 g/mol. The SMILES string of the molecule is OC(c1ccc(Cl)nc1)c1ccc2c(c1)OCCCO2. The highest BCUT2D eigenvalue weighted by Gasteiger charge is 2.16. The number of pyridine rings is 1. The maximum atomic E-state index is 10.4. The number of nitrogens with zero attached hydrogens (tertiary/aromatic N) is 1. The second-order valence-electron chi connectivity index (χ2n) is 4.57. The van der Waals surface area contributed by atoms with Gasteiger partial charge in [0, 0.05) is 18.2 Å². The fourth-order valence-corrected chi connectivity index (χ4v) is 2.20. The molecule has 1 aliphatic heterocycles. The Kier molecular flexibility index (Phi) is 3.76. The smallest absolute Gasteiger partial charge is 0.161 e. The van der Waals surface area contributed by atoms with Gasteiger partial charge in [0.2, 0.25) is 0 Å². The van der Waals surface area contributed by atoms with Crippen LogP contribution in [-0.4, -0.2) is 23.3 Å². The van der Waals surface area contributed by atoms with Crippen LogP contribution in [0.5, 0.6) is 11.5 Å². The van der Waals surface area contributed by atoms with E-state index in [9.17, 15) is 5.11 Å². The fourth-order valence-electron chi connectivity index (χ4n) is 2.09.